The summed E-state index contributed by atoms with van der Waals surface area (Å²) in [5.74, 6) is 2.58. The molecular formula is C15H21NO. The Balaban J connectivity index is 1.78. The first-order valence-electron chi connectivity index (χ1n) is 6.68. The van der Waals surface area contributed by atoms with Crippen LogP contribution in [0.5, 0.6) is 5.75 Å². The first-order valence-corrected chi connectivity index (χ1v) is 6.68. The summed E-state index contributed by atoms with van der Waals surface area (Å²) in [6.45, 7) is 2.31. The fraction of sp³-hybridized carbons (Fsp3) is 0.600. The minimum absolute atomic E-state index is 0.590. The lowest BCUT2D eigenvalue weighted by Gasteiger charge is -2.15. The van der Waals surface area contributed by atoms with Gasteiger partial charge < -0.3 is 10.1 Å². The molecule has 0 radical (unpaired) electrons. The third-order valence-corrected chi connectivity index (χ3v) is 4.30. The standard InChI is InChI=1S/C15H21NO/c1-10-14(9-15(16-10)11-6-7-11)12-4-3-5-13(8-12)17-2/h3-5,8,10-11,14-16H,6-7,9H2,1-2H3. The largest absolute Gasteiger partial charge is 0.497 e. The second-order valence-electron chi connectivity index (χ2n) is 5.52. The lowest BCUT2D eigenvalue weighted by Crippen LogP contribution is -2.29. The van der Waals surface area contributed by atoms with Crippen LogP contribution in [-0.2, 0) is 0 Å². The van der Waals surface area contributed by atoms with E-state index in [1.54, 1.807) is 7.11 Å². The predicted molar refractivity (Wildman–Crippen MR) is 69.5 cm³/mol. The summed E-state index contributed by atoms with van der Waals surface area (Å²) >= 11 is 0. The Morgan fingerprint density at radius 2 is 2.12 bits per heavy atom. The predicted octanol–water partition coefficient (Wildman–Crippen LogP) is 2.94. The maximum atomic E-state index is 5.32. The van der Waals surface area contributed by atoms with Crippen molar-refractivity contribution in [2.24, 2.45) is 5.92 Å². The molecule has 92 valence electrons. The van der Waals surface area contributed by atoms with E-state index in [0.717, 1.165) is 17.7 Å². The van der Waals surface area contributed by atoms with Crippen LogP contribution in [0.25, 0.3) is 0 Å². The highest BCUT2D eigenvalue weighted by Gasteiger charge is 2.40. The maximum Gasteiger partial charge on any atom is 0.119 e. The number of benzene rings is 1. The van der Waals surface area contributed by atoms with Crippen LogP contribution in [0.4, 0.5) is 0 Å². The molecule has 0 amide bonds. The third-order valence-electron chi connectivity index (χ3n) is 4.30. The highest BCUT2D eigenvalue weighted by molar-refractivity contribution is 5.32. The lowest BCUT2D eigenvalue weighted by molar-refractivity contribution is 0.413. The van der Waals surface area contributed by atoms with Gasteiger partial charge >= 0.3 is 0 Å². The monoisotopic (exact) mass is 231 g/mol. The zero-order valence-corrected chi connectivity index (χ0v) is 10.6. The zero-order valence-electron chi connectivity index (χ0n) is 10.6. The first-order chi connectivity index (χ1) is 8.28. The van der Waals surface area contributed by atoms with E-state index in [4.69, 9.17) is 4.74 Å². The highest BCUT2D eigenvalue weighted by Crippen LogP contribution is 2.42. The van der Waals surface area contributed by atoms with Crippen LogP contribution in [0.3, 0.4) is 0 Å². The molecule has 3 unspecified atom stereocenters. The van der Waals surface area contributed by atoms with Crippen LogP contribution < -0.4 is 10.1 Å². The second-order valence-corrected chi connectivity index (χ2v) is 5.52. The average Bonchev–Trinajstić information content (AvgIpc) is 3.13. The van der Waals surface area contributed by atoms with E-state index in [9.17, 15) is 0 Å². The molecule has 1 aliphatic heterocycles. The van der Waals surface area contributed by atoms with E-state index in [1.807, 2.05) is 6.07 Å². The van der Waals surface area contributed by atoms with Gasteiger partial charge in [-0.05, 0) is 49.8 Å². The number of hydrogen-bond acceptors (Lipinski definition) is 2. The minimum Gasteiger partial charge on any atom is -0.497 e. The molecule has 1 aromatic rings. The maximum absolute atomic E-state index is 5.32. The van der Waals surface area contributed by atoms with Gasteiger partial charge in [-0.15, -0.1) is 0 Å². The number of methoxy groups -OCH3 is 1. The first kappa shape index (κ1) is 11.1. The van der Waals surface area contributed by atoms with Gasteiger partial charge in [0.25, 0.3) is 0 Å². The Hall–Kier alpha value is -1.02. The van der Waals surface area contributed by atoms with Crippen LogP contribution in [0.2, 0.25) is 0 Å². The molecule has 0 aromatic heterocycles. The van der Waals surface area contributed by atoms with Crippen molar-refractivity contribution in [3.05, 3.63) is 29.8 Å². The van der Waals surface area contributed by atoms with Crippen molar-refractivity contribution < 1.29 is 4.74 Å². The Morgan fingerprint density at radius 1 is 1.29 bits per heavy atom. The molecule has 1 heterocycles. The molecule has 2 nitrogen and oxygen atoms in total. The normalized spacial score (nSPS) is 32.7. The van der Waals surface area contributed by atoms with Gasteiger partial charge in [-0.1, -0.05) is 12.1 Å². The van der Waals surface area contributed by atoms with Crippen molar-refractivity contribution in [1.82, 2.24) is 5.32 Å². The summed E-state index contributed by atoms with van der Waals surface area (Å²) in [4.78, 5) is 0. The van der Waals surface area contributed by atoms with Crippen LogP contribution in [0.1, 0.15) is 37.7 Å². The number of nitrogens with one attached hydrogen (secondary N) is 1. The third kappa shape index (κ3) is 2.19. The van der Waals surface area contributed by atoms with Gasteiger partial charge in [-0.25, -0.2) is 0 Å². The molecule has 1 N–H and O–H groups in total. The molecule has 17 heavy (non-hydrogen) atoms. The quantitative estimate of drug-likeness (QED) is 0.863. The van der Waals surface area contributed by atoms with Gasteiger partial charge in [-0.3, -0.25) is 0 Å². The Labute approximate surface area is 103 Å². The molecule has 1 saturated heterocycles. The van der Waals surface area contributed by atoms with Crippen LogP contribution >= 0.6 is 0 Å². The lowest BCUT2D eigenvalue weighted by atomic mass is 9.91. The molecule has 0 bridgehead atoms. The van der Waals surface area contributed by atoms with E-state index >= 15 is 0 Å². The van der Waals surface area contributed by atoms with Crippen molar-refractivity contribution in [3.63, 3.8) is 0 Å². The summed E-state index contributed by atoms with van der Waals surface area (Å²) in [5.41, 5.74) is 1.42. The Morgan fingerprint density at radius 3 is 2.82 bits per heavy atom. The highest BCUT2D eigenvalue weighted by atomic mass is 16.5. The summed E-state index contributed by atoms with van der Waals surface area (Å²) in [5, 5.41) is 3.76. The molecule has 1 aliphatic carbocycles. The molecule has 2 heteroatoms. The molecule has 0 spiro atoms. The molecular weight excluding hydrogens is 210 g/mol. The van der Waals surface area contributed by atoms with Crippen molar-refractivity contribution in [2.45, 2.75) is 44.2 Å². The molecule has 1 aromatic carbocycles. The number of ether oxygens (including phenoxy) is 1. The van der Waals surface area contributed by atoms with Gasteiger partial charge in [0, 0.05) is 18.0 Å². The fourth-order valence-corrected chi connectivity index (χ4v) is 3.12. The topological polar surface area (TPSA) is 21.3 Å². The fourth-order valence-electron chi connectivity index (χ4n) is 3.12. The van der Waals surface area contributed by atoms with Crippen LogP contribution in [0, 0.1) is 5.92 Å². The number of rotatable bonds is 3. The summed E-state index contributed by atoms with van der Waals surface area (Å²) in [6, 6.07) is 9.90. The van der Waals surface area contributed by atoms with Crippen molar-refractivity contribution >= 4 is 0 Å². The second kappa shape index (κ2) is 4.34. The van der Waals surface area contributed by atoms with Gasteiger partial charge in [0.2, 0.25) is 0 Å². The molecule has 3 atom stereocenters. The van der Waals surface area contributed by atoms with Crippen LogP contribution in [0.15, 0.2) is 24.3 Å². The van der Waals surface area contributed by atoms with Crippen molar-refractivity contribution in [1.29, 1.82) is 0 Å². The summed E-state index contributed by atoms with van der Waals surface area (Å²) in [6.07, 6.45) is 4.14. The molecule has 1 saturated carbocycles. The summed E-state index contributed by atoms with van der Waals surface area (Å²) < 4.78 is 5.32. The van der Waals surface area contributed by atoms with Crippen LogP contribution in [-0.4, -0.2) is 19.2 Å². The molecule has 2 aliphatic rings. The Kier molecular flexibility index (Phi) is 2.83. The van der Waals surface area contributed by atoms with Gasteiger partial charge in [0.15, 0.2) is 0 Å². The molecule has 3 rings (SSSR count). The Bertz CT molecular complexity index is 400. The minimum atomic E-state index is 0.590. The smallest absolute Gasteiger partial charge is 0.119 e. The van der Waals surface area contributed by atoms with Gasteiger partial charge in [0.05, 0.1) is 7.11 Å². The van der Waals surface area contributed by atoms with E-state index in [2.05, 4.69) is 30.4 Å². The van der Waals surface area contributed by atoms with Gasteiger partial charge in [0.1, 0.15) is 5.75 Å². The van der Waals surface area contributed by atoms with Gasteiger partial charge in [-0.2, -0.15) is 0 Å². The SMILES string of the molecule is COc1cccc(C2CC(C3CC3)NC2C)c1. The van der Waals surface area contributed by atoms with Crippen molar-refractivity contribution in [2.75, 3.05) is 7.11 Å². The van der Waals surface area contributed by atoms with E-state index < -0.39 is 0 Å². The van der Waals surface area contributed by atoms with E-state index in [-0.39, 0.29) is 0 Å². The van der Waals surface area contributed by atoms with Crippen molar-refractivity contribution in [3.8, 4) is 5.75 Å². The molecule has 2 fully saturated rings. The average molecular weight is 231 g/mol. The van der Waals surface area contributed by atoms with E-state index in [0.29, 0.717) is 12.0 Å². The zero-order chi connectivity index (χ0) is 11.8. The summed E-state index contributed by atoms with van der Waals surface area (Å²) in [7, 11) is 1.74. The van der Waals surface area contributed by atoms with E-state index in [1.165, 1.54) is 24.8 Å². The number of hydrogen-bond donors (Lipinski definition) is 1.